The van der Waals surface area contributed by atoms with E-state index in [0.717, 1.165) is 12.8 Å². The van der Waals surface area contributed by atoms with Crippen molar-refractivity contribution in [1.82, 2.24) is 4.72 Å². The second kappa shape index (κ2) is 4.95. The fraction of sp³-hybridized carbons (Fsp3) is 0.588. The Morgan fingerprint density at radius 3 is 2.79 bits per heavy atom. The fourth-order valence-electron chi connectivity index (χ4n) is 4.96. The van der Waals surface area contributed by atoms with Crippen molar-refractivity contribution in [3.05, 3.63) is 24.3 Å². The molecule has 130 valence electrons. The minimum atomic E-state index is -3.57. The molecule has 1 heterocycles. The molecule has 2 bridgehead atoms. The predicted molar refractivity (Wildman–Crippen MR) is 88.7 cm³/mol. The number of esters is 1. The van der Waals surface area contributed by atoms with Crippen LogP contribution in [-0.2, 0) is 19.6 Å². The van der Waals surface area contributed by atoms with Crippen molar-refractivity contribution in [1.29, 1.82) is 0 Å². The Kier molecular flexibility index (Phi) is 3.28. The first-order valence-electron chi connectivity index (χ1n) is 8.29. The summed E-state index contributed by atoms with van der Waals surface area (Å²) < 4.78 is 33.4. The van der Waals surface area contributed by atoms with Crippen molar-refractivity contribution in [3.63, 3.8) is 0 Å². The smallest absolute Gasteiger partial charge is 0.309 e. The van der Waals surface area contributed by atoms with Crippen LogP contribution in [0.25, 0.3) is 0 Å². The molecular weight excluding hydrogens is 328 g/mol. The normalized spacial score (nSPS) is 39.1. The van der Waals surface area contributed by atoms with Gasteiger partial charge in [-0.25, -0.2) is 8.42 Å². The van der Waals surface area contributed by atoms with E-state index in [1.54, 1.807) is 18.2 Å². The highest BCUT2D eigenvalue weighted by molar-refractivity contribution is 7.89. The third-order valence-corrected chi connectivity index (χ3v) is 7.71. The Labute approximate surface area is 142 Å². The van der Waals surface area contributed by atoms with Crippen molar-refractivity contribution >= 4 is 21.7 Å². The molecule has 1 aromatic carbocycles. The Morgan fingerprint density at radius 1 is 1.33 bits per heavy atom. The number of fused-ring (bicyclic) bond motifs is 3. The Bertz CT molecular complexity index is 809. The third kappa shape index (κ3) is 2.10. The average molecular weight is 350 g/mol. The zero-order valence-corrected chi connectivity index (χ0v) is 14.7. The molecule has 2 N–H and O–H groups in total. The zero-order valence-electron chi connectivity index (χ0n) is 13.8. The maximum atomic E-state index is 12.8. The van der Waals surface area contributed by atoms with Gasteiger partial charge in [-0.1, -0.05) is 19.1 Å². The second-order valence-electron chi connectivity index (χ2n) is 7.58. The Morgan fingerprint density at radius 2 is 2.08 bits per heavy atom. The van der Waals surface area contributed by atoms with E-state index in [9.17, 15) is 13.2 Å². The highest BCUT2D eigenvalue weighted by atomic mass is 32.2. The number of hydrogen-bond acceptors (Lipinski definition) is 5. The quantitative estimate of drug-likeness (QED) is 0.758. The molecule has 0 radical (unpaired) electrons. The van der Waals surface area contributed by atoms with Gasteiger partial charge in [-0.3, -0.25) is 4.79 Å². The highest BCUT2D eigenvalue weighted by Crippen LogP contribution is 2.59. The number of nitrogens with one attached hydrogen (secondary N) is 2. The second-order valence-corrected chi connectivity index (χ2v) is 9.23. The largest absolute Gasteiger partial charge is 0.469 e. The number of methoxy groups -OCH3 is 1. The molecule has 4 atom stereocenters. The molecule has 3 saturated carbocycles. The van der Waals surface area contributed by atoms with Gasteiger partial charge in [-0.05, 0) is 49.1 Å². The van der Waals surface area contributed by atoms with E-state index in [2.05, 4.69) is 17.0 Å². The van der Waals surface area contributed by atoms with Gasteiger partial charge in [0, 0.05) is 0 Å². The van der Waals surface area contributed by atoms with Gasteiger partial charge < -0.3 is 10.1 Å². The van der Waals surface area contributed by atoms with Gasteiger partial charge in [0.15, 0.2) is 0 Å². The fourth-order valence-corrected chi connectivity index (χ4v) is 6.50. The topological polar surface area (TPSA) is 84.5 Å². The lowest BCUT2D eigenvalue weighted by Crippen LogP contribution is -2.69. The number of para-hydroxylation sites is 1. The summed E-state index contributed by atoms with van der Waals surface area (Å²) in [6, 6.07) is 6.97. The van der Waals surface area contributed by atoms with Gasteiger partial charge in [-0.15, -0.1) is 0 Å². The SMILES string of the molecule is COC(=O)[C@H]1C[C@H]2CC[C@@]1(C)C[C@@]21Nc2ccccc2S(=O)(=O)N1. The van der Waals surface area contributed by atoms with Gasteiger partial charge in [0.1, 0.15) is 10.6 Å². The molecule has 4 aliphatic rings. The lowest BCUT2D eigenvalue weighted by molar-refractivity contribution is -0.160. The summed E-state index contributed by atoms with van der Waals surface area (Å²) in [7, 11) is -2.15. The molecule has 0 unspecified atom stereocenters. The zero-order chi connectivity index (χ0) is 17.2. The predicted octanol–water partition coefficient (Wildman–Crippen LogP) is 2.09. The monoisotopic (exact) mass is 350 g/mol. The highest BCUT2D eigenvalue weighted by Gasteiger charge is 2.61. The Balaban J connectivity index is 1.76. The minimum absolute atomic E-state index is 0.0616. The van der Waals surface area contributed by atoms with Crippen LogP contribution < -0.4 is 10.0 Å². The van der Waals surface area contributed by atoms with Crippen LogP contribution in [0.3, 0.4) is 0 Å². The van der Waals surface area contributed by atoms with E-state index in [1.807, 2.05) is 6.07 Å². The standard InChI is InChI=1S/C17H22N2O4S/c1-16-8-7-11(9-12(16)15(20)23-2)17(10-16)18-13-5-3-4-6-14(13)24(21,22)19-17/h3-6,11-12,18-19H,7-10H2,1-2H3/t11-,12-,16+,17+/m1/s1. The van der Waals surface area contributed by atoms with E-state index < -0.39 is 15.7 Å². The van der Waals surface area contributed by atoms with E-state index in [0.29, 0.717) is 18.5 Å². The summed E-state index contributed by atoms with van der Waals surface area (Å²) in [5.74, 6) is -0.293. The minimum Gasteiger partial charge on any atom is -0.469 e. The number of rotatable bonds is 1. The number of carbonyl (C=O) groups is 1. The molecule has 3 aliphatic carbocycles. The van der Waals surface area contributed by atoms with Crippen molar-refractivity contribution < 1.29 is 17.9 Å². The van der Waals surface area contributed by atoms with Gasteiger partial charge in [0.05, 0.1) is 18.7 Å². The first-order chi connectivity index (χ1) is 11.3. The number of carbonyl (C=O) groups excluding carboxylic acids is 1. The molecule has 0 aromatic heterocycles. The summed E-state index contributed by atoms with van der Waals surface area (Å²) in [5.41, 5.74) is -0.351. The van der Waals surface area contributed by atoms with Crippen LogP contribution in [0.15, 0.2) is 29.2 Å². The molecule has 1 aromatic rings. The molecule has 24 heavy (non-hydrogen) atoms. The molecule has 6 nitrogen and oxygen atoms in total. The molecular formula is C17H22N2O4S. The van der Waals surface area contributed by atoms with Gasteiger partial charge in [0.25, 0.3) is 0 Å². The number of anilines is 1. The molecule has 0 saturated heterocycles. The van der Waals surface area contributed by atoms with Crippen LogP contribution in [0.5, 0.6) is 0 Å². The van der Waals surface area contributed by atoms with E-state index in [1.165, 1.54) is 7.11 Å². The molecule has 7 heteroatoms. The average Bonchev–Trinajstić information content (AvgIpc) is 2.53. The number of benzene rings is 1. The van der Waals surface area contributed by atoms with Crippen LogP contribution in [0.1, 0.15) is 32.6 Å². The molecule has 0 amide bonds. The van der Waals surface area contributed by atoms with Crippen molar-refractivity contribution in [2.24, 2.45) is 17.3 Å². The van der Waals surface area contributed by atoms with Crippen LogP contribution in [0, 0.1) is 17.3 Å². The maximum Gasteiger partial charge on any atom is 0.309 e. The first-order valence-corrected chi connectivity index (χ1v) is 9.77. The van der Waals surface area contributed by atoms with Crippen LogP contribution >= 0.6 is 0 Å². The van der Waals surface area contributed by atoms with Crippen molar-refractivity contribution in [2.75, 3.05) is 12.4 Å². The summed E-state index contributed by atoms with van der Waals surface area (Å²) in [5, 5.41) is 3.46. The number of ether oxygens (including phenoxy) is 1. The first kappa shape index (κ1) is 15.9. The number of hydrogen-bond donors (Lipinski definition) is 2. The van der Waals surface area contributed by atoms with E-state index >= 15 is 0 Å². The lowest BCUT2D eigenvalue weighted by atomic mass is 9.52. The molecule has 1 aliphatic heterocycles. The van der Waals surface area contributed by atoms with E-state index in [-0.39, 0.29) is 28.1 Å². The summed E-state index contributed by atoms with van der Waals surface area (Å²) >= 11 is 0. The van der Waals surface area contributed by atoms with Gasteiger partial charge in [-0.2, -0.15) is 4.72 Å². The maximum absolute atomic E-state index is 12.8. The third-order valence-electron chi connectivity index (χ3n) is 6.14. The molecule has 3 fully saturated rings. The molecule has 1 spiro atoms. The molecule has 5 rings (SSSR count). The lowest BCUT2D eigenvalue weighted by Gasteiger charge is -2.60. The van der Waals surface area contributed by atoms with Gasteiger partial charge >= 0.3 is 5.97 Å². The Hall–Kier alpha value is -1.60. The summed E-state index contributed by atoms with van der Waals surface area (Å²) in [6.45, 7) is 2.07. The van der Waals surface area contributed by atoms with Crippen LogP contribution in [0.2, 0.25) is 0 Å². The van der Waals surface area contributed by atoms with E-state index in [4.69, 9.17) is 4.74 Å². The summed E-state index contributed by atoms with van der Waals surface area (Å²) in [6.07, 6.45) is 3.02. The van der Waals surface area contributed by atoms with Crippen molar-refractivity contribution in [2.45, 2.75) is 43.2 Å². The van der Waals surface area contributed by atoms with Crippen LogP contribution in [0.4, 0.5) is 5.69 Å². The van der Waals surface area contributed by atoms with Crippen LogP contribution in [-0.4, -0.2) is 27.2 Å². The number of sulfonamides is 1. The van der Waals surface area contributed by atoms with Gasteiger partial charge in [0.2, 0.25) is 10.0 Å². The summed E-state index contributed by atoms with van der Waals surface area (Å²) in [4.78, 5) is 12.5. The van der Waals surface area contributed by atoms with Crippen molar-refractivity contribution in [3.8, 4) is 0 Å².